The summed E-state index contributed by atoms with van der Waals surface area (Å²) in [7, 11) is 1.61. The molecule has 0 spiro atoms. The fourth-order valence-electron chi connectivity index (χ4n) is 3.73. The third-order valence-electron chi connectivity index (χ3n) is 4.60. The molecular weight excluding hydrogens is 298 g/mol. The van der Waals surface area contributed by atoms with Gasteiger partial charge in [0.15, 0.2) is 0 Å². The molecule has 7 heteroatoms. The van der Waals surface area contributed by atoms with Crippen molar-refractivity contribution < 1.29 is 18.7 Å². The molecule has 1 amide bonds. The molecule has 7 nitrogen and oxygen atoms in total. The molecule has 23 heavy (non-hydrogen) atoms. The molecule has 3 aliphatic carbocycles. The van der Waals surface area contributed by atoms with Crippen LogP contribution in [0.15, 0.2) is 28.7 Å². The summed E-state index contributed by atoms with van der Waals surface area (Å²) in [6.07, 6.45) is 2.68. The summed E-state index contributed by atoms with van der Waals surface area (Å²) in [5.74, 6) is 1.95. The fraction of sp³-hybridized carbons (Fsp3) is 0.438. The molecule has 1 N–H and O–H groups in total. The minimum Gasteiger partial charge on any atom is -0.497 e. The summed E-state index contributed by atoms with van der Waals surface area (Å²) in [4.78, 5) is 11.2. The highest BCUT2D eigenvalue weighted by atomic mass is 16.6. The van der Waals surface area contributed by atoms with E-state index in [0.29, 0.717) is 11.6 Å². The number of carbonyl (C=O) groups is 1. The van der Waals surface area contributed by atoms with E-state index in [1.54, 1.807) is 38.3 Å². The van der Waals surface area contributed by atoms with E-state index in [9.17, 15) is 4.79 Å². The van der Waals surface area contributed by atoms with Crippen molar-refractivity contribution >= 4 is 5.91 Å². The summed E-state index contributed by atoms with van der Waals surface area (Å²) in [5, 5.41) is 11.1. The molecule has 0 aliphatic heterocycles. The number of hydrogen-bond donors (Lipinski definition) is 1. The van der Waals surface area contributed by atoms with Gasteiger partial charge in [0.2, 0.25) is 11.8 Å². The first-order chi connectivity index (χ1) is 11.0. The van der Waals surface area contributed by atoms with Crippen LogP contribution in [-0.2, 0) is 10.2 Å². The maximum absolute atomic E-state index is 11.2. The topological polar surface area (TPSA) is 86.5 Å². The molecule has 1 aromatic heterocycles. The lowest BCUT2D eigenvalue weighted by Gasteiger charge is -2.68. The number of benzene rings is 1. The Kier molecular flexibility index (Phi) is 2.88. The summed E-state index contributed by atoms with van der Waals surface area (Å²) in [5.41, 5.74) is -0.145. The Bertz CT molecular complexity index is 733. The van der Waals surface area contributed by atoms with Crippen LogP contribution in [0.1, 0.15) is 32.1 Å². The number of methoxy groups -OCH3 is 1. The van der Waals surface area contributed by atoms with Crippen molar-refractivity contribution in [3.63, 3.8) is 0 Å². The summed E-state index contributed by atoms with van der Waals surface area (Å²) < 4.78 is 16.3. The second-order valence-corrected chi connectivity index (χ2v) is 6.42. The van der Waals surface area contributed by atoms with Crippen molar-refractivity contribution in [2.75, 3.05) is 7.11 Å². The molecule has 3 saturated carbocycles. The first-order valence-electron chi connectivity index (χ1n) is 7.47. The number of ether oxygens (including phenoxy) is 2. The predicted octanol–water partition coefficient (Wildman–Crippen LogP) is 2.18. The van der Waals surface area contributed by atoms with E-state index >= 15 is 0 Å². The monoisotopic (exact) mass is 315 g/mol. The lowest BCUT2D eigenvalue weighted by atomic mass is 9.39. The molecule has 1 aromatic carbocycles. The van der Waals surface area contributed by atoms with Gasteiger partial charge >= 0.3 is 6.08 Å². The van der Waals surface area contributed by atoms with E-state index in [0.717, 1.165) is 25.0 Å². The minimum absolute atomic E-state index is 0.00681. The highest BCUT2D eigenvalue weighted by molar-refractivity contribution is 5.75. The van der Waals surface area contributed by atoms with Gasteiger partial charge in [-0.3, -0.25) is 4.79 Å². The molecule has 120 valence electrons. The number of rotatable bonds is 5. The Morgan fingerprint density at radius 3 is 2.43 bits per heavy atom. The second-order valence-electron chi connectivity index (χ2n) is 6.42. The van der Waals surface area contributed by atoms with Gasteiger partial charge in [-0.2, -0.15) is 0 Å². The summed E-state index contributed by atoms with van der Waals surface area (Å²) in [6, 6.07) is 7.14. The Hall–Kier alpha value is -2.57. The van der Waals surface area contributed by atoms with E-state index in [1.807, 2.05) is 0 Å². The number of amides is 1. The zero-order valence-electron chi connectivity index (χ0n) is 13.0. The molecule has 0 radical (unpaired) electrons. The second kappa shape index (κ2) is 4.71. The van der Waals surface area contributed by atoms with Crippen LogP contribution in [0.4, 0.5) is 0 Å². The molecule has 2 bridgehead atoms. The van der Waals surface area contributed by atoms with Crippen LogP contribution in [0.2, 0.25) is 0 Å². The molecule has 0 atom stereocenters. The average molecular weight is 315 g/mol. The Balaban J connectivity index is 1.41. The summed E-state index contributed by atoms with van der Waals surface area (Å²) >= 11 is 0. The fourth-order valence-corrected chi connectivity index (χ4v) is 3.73. The van der Waals surface area contributed by atoms with Gasteiger partial charge in [0.05, 0.1) is 12.5 Å². The van der Waals surface area contributed by atoms with Crippen LogP contribution >= 0.6 is 0 Å². The van der Waals surface area contributed by atoms with Crippen molar-refractivity contribution in [2.24, 2.45) is 0 Å². The van der Waals surface area contributed by atoms with Crippen molar-refractivity contribution in [3.8, 4) is 17.6 Å². The van der Waals surface area contributed by atoms with E-state index < -0.39 is 0 Å². The Labute approximate surface area is 133 Å². The van der Waals surface area contributed by atoms with Gasteiger partial charge < -0.3 is 19.2 Å². The Morgan fingerprint density at radius 2 is 1.83 bits per heavy atom. The standard InChI is InChI=1S/C16H17N3O4/c1-10(20)17-16-7-15(8-16,9-16)13-18-19-14(23-13)22-12-5-3-11(21-2)4-6-12/h3-6H,7-9H2,1-2H3,(H,17,20). The highest BCUT2D eigenvalue weighted by Gasteiger charge is 2.71. The van der Waals surface area contributed by atoms with E-state index in [4.69, 9.17) is 13.9 Å². The molecule has 3 aliphatic rings. The zero-order chi connectivity index (χ0) is 16.1. The maximum Gasteiger partial charge on any atom is 0.420 e. The first kappa shape index (κ1) is 14.0. The molecule has 0 saturated heterocycles. The molecular formula is C16H17N3O4. The number of nitrogens with one attached hydrogen (secondary N) is 1. The van der Waals surface area contributed by atoms with E-state index in [-0.39, 0.29) is 22.9 Å². The quantitative estimate of drug-likeness (QED) is 0.910. The normalized spacial score (nSPS) is 27.6. The van der Waals surface area contributed by atoms with Crippen LogP contribution in [-0.4, -0.2) is 28.8 Å². The van der Waals surface area contributed by atoms with Crippen LogP contribution < -0.4 is 14.8 Å². The van der Waals surface area contributed by atoms with Crippen molar-refractivity contribution in [1.29, 1.82) is 0 Å². The zero-order valence-corrected chi connectivity index (χ0v) is 13.0. The Morgan fingerprint density at radius 1 is 1.17 bits per heavy atom. The minimum atomic E-state index is -0.0863. The van der Waals surface area contributed by atoms with Crippen molar-refractivity contribution in [1.82, 2.24) is 15.5 Å². The van der Waals surface area contributed by atoms with Crippen molar-refractivity contribution in [3.05, 3.63) is 30.2 Å². The van der Waals surface area contributed by atoms with Crippen molar-refractivity contribution in [2.45, 2.75) is 37.1 Å². The first-order valence-corrected chi connectivity index (χ1v) is 7.47. The number of hydrogen-bond acceptors (Lipinski definition) is 6. The van der Waals surface area contributed by atoms with Gasteiger partial charge in [0.25, 0.3) is 0 Å². The van der Waals surface area contributed by atoms with Gasteiger partial charge in [-0.1, -0.05) is 5.10 Å². The largest absolute Gasteiger partial charge is 0.497 e. The number of aromatic nitrogens is 2. The molecule has 5 rings (SSSR count). The number of carbonyl (C=O) groups excluding carboxylic acids is 1. The van der Waals surface area contributed by atoms with Gasteiger partial charge in [0.1, 0.15) is 11.5 Å². The van der Waals surface area contributed by atoms with Crippen LogP contribution in [0, 0.1) is 0 Å². The average Bonchev–Trinajstić information content (AvgIpc) is 2.90. The third-order valence-corrected chi connectivity index (χ3v) is 4.60. The SMILES string of the molecule is COc1ccc(Oc2nnc(C34CC(NC(C)=O)(C3)C4)o2)cc1. The van der Waals surface area contributed by atoms with Gasteiger partial charge in [-0.05, 0) is 43.5 Å². The third kappa shape index (κ3) is 2.23. The lowest BCUT2D eigenvalue weighted by Crippen LogP contribution is -2.76. The molecule has 2 aromatic rings. The highest BCUT2D eigenvalue weighted by Crippen LogP contribution is 2.67. The van der Waals surface area contributed by atoms with Crippen LogP contribution in [0.5, 0.6) is 17.6 Å². The predicted molar refractivity (Wildman–Crippen MR) is 79.4 cm³/mol. The molecule has 0 unspecified atom stereocenters. The van der Waals surface area contributed by atoms with Gasteiger partial charge in [0, 0.05) is 12.5 Å². The number of nitrogens with zero attached hydrogens (tertiary/aromatic N) is 2. The van der Waals surface area contributed by atoms with Gasteiger partial charge in [-0.15, -0.1) is 5.10 Å². The smallest absolute Gasteiger partial charge is 0.420 e. The van der Waals surface area contributed by atoms with Crippen LogP contribution in [0.3, 0.4) is 0 Å². The molecule has 1 heterocycles. The molecule has 3 fully saturated rings. The van der Waals surface area contributed by atoms with Crippen LogP contribution in [0.25, 0.3) is 0 Å². The van der Waals surface area contributed by atoms with Gasteiger partial charge in [-0.25, -0.2) is 0 Å². The lowest BCUT2D eigenvalue weighted by molar-refractivity contribution is -0.139. The maximum atomic E-state index is 11.2. The van der Waals surface area contributed by atoms with E-state index in [1.165, 1.54) is 0 Å². The summed E-state index contributed by atoms with van der Waals surface area (Å²) in [6.45, 7) is 1.54. The van der Waals surface area contributed by atoms with E-state index in [2.05, 4.69) is 15.5 Å².